The van der Waals surface area contributed by atoms with Crippen molar-refractivity contribution < 1.29 is 4.79 Å². The summed E-state index contributed by atoms with van der Waals surface area (Å²) in [5, 5.41) is 0. The van der Waals surface area contributed by atoms with Gasteiger partial charge in [-0.1, -0.05) is 58.1 Å². The molecule has 0 amide bonds. The highest BCUT2D eigenvalue weighted by atomic mass is 16.1. The molecule has 20 heavy (non-hydrogen) atoms. The van der Waals surface area contributed by atoms with Gasteiger partial charge in [0.2, 0.25) is 0 Å². The molecule has 0 N–H and O–H groups in total. The Hall–Kier alpha value is -1.11. The van der Waals surface area contributed by atoms with Gasteiger partial charge in [-0.05, 0) is 42.9 Å². The van der Waals surface area contributed by atoms with E-state index in [1.54, 1.807) is 0 Å². The molecule has 0 unspecified atom stereocenters. The smallest absolute Gasteiger partial charge is 0.166 e. The van der Waals surface area contributed by atoms with E-state index in [1.165, 1.54) is 43.2 Å². The van der Waals surface area contributed by atoms with Crippen molar-refractivity contribution in [1.82, 2.24) is 0 Å². The van der Waals surface area contributed by atoms with Crippen LogP contribution in [-0.2, 0) is 12.8 Å². The molecule has 1 saturated carbocycles. The van der Waals surface area contributed by atoms with Crippen LogP contribution in [0, 0.1) is 5.92 Å². The summed E-state index contributed by atoms with van der Waals surface area (Å²) in [5.74, 6) is 0.687. The summed E-state index contributed by atoms with van der Waals surface area (Å²) in [6.45, 7) is 4.31. The highest BCUT2D eigenvalue weighted by Gasteiger charge is 2.22. The third-order valence-electron chi connectivity index (χ3n) is 4.70. The van der Waals surface area contributed by atoms with E-state index in [2.05, 4.69) is 32.0 Å². The first-order valence-corrected chi connectivity index (χ1v) is 8.42. The van der Waals surface area contributed by atoms with Crippen LogP contribution in [0.25, 0.3) is 0 Å². The van der Waals surface area contributed by atoms with Crippen LogP contribution in [-0.4, -0.2) is 5.78 Å². The molecule has 110 valence electrons. The van der Waals surface area contributed by atoms with Gasteiger partial charge in [0.05, 0.1) is 0 Å². The van der Waals surface area contributed by atoms with Crippen molar-refractivity contribution in [3.8, 4) is 0 Å². The third-order valence-corrected chi connectivity index (χ3v) is 4.70. The number of hydrogen-bond acceptors (Lipinski definition) is 1. The molecule has 1 fully saturated rings. The molecular weight excluding hydrogens is 244 g/mol. The lowest BCUT2D eigenvalue weighted by molar-refractivity contribution is 0.0897. The largest absolute Gasteiger partial charge is 0.294 e. The number of carbonyl (C=O) groups excluding carboxylic acids is 1. The number of Topliss-reactive ketones (excluding diaryl/α,β-unsaturated/α-hetero) is 1. The van der Waals surface area contributed by atoms with Crippen LogP contribution in [0.5, 0.6) is 0 Å². The van der Waals surface area contributed by atoms with Crippen molar-refractivity contribution in [2.75, 3.05) is 0 Å². The Balaban J connectivity index is 2.21. The van der Waals surface area contributed by atoms with Gasteiger partial charge >= 0.3 is 0 Å². The Morgan fingerprint density at radius 2 is 1.65 bits per heavy atom. The van der Waals surface area contributed by atoms with E-state index in [0.717, 1.165) is 31.2 Å². The summed E-state index contributed by atoms with van der Waals surface area (Å²) < 4.78 is 0. The van der Waals surface area contributed by atoms with Gasteiger partial charge in [-0.25, -0.2) is 0 Å². The standard InChI is InChI=1S/C19H28O/c1-3-15-12-13-16(4-2)18(14-15)19(20)17-10-8-6-5-7-9-11-17/h12-14,17H,3-11H2,1-2H3. The average Bonchev–Trinajstić information content (AvgIpc) is 2.45. The summed E-state index contributed by atoms with van der Waals surface area (Å²) >= 11 is 0. The molecule has 1 aromatic rings. The quantitative estimate of drug-likeness (QED) is 0.675. The van der Waals surface area contributed by atoms with Gasteiger partial charge in [0.15, 0.2) is 5.78 Å². The molecule has 1 aliphatic rings. The fourth-order valence-electron chi connectivity index (χ4n) is 3.32. The molecule has 0 aromatic heterocycles. The third kappa shape index (κ3) is 3.71. The minimum atomic E-state index is 0.271. The van der Waals surface area contributed by atoms with Gasteiger partial charge in [0, 0.05) is 11.5 Å². The molecule has 0 atom stereocenters. The van der Waals surface area contributed by atoms with Crippen LogP contribution in [0.3, 0.4) is 0 Å². The predicted octanol–water partition coefficient (Wildman–Crippen LogP) is 5.35. The highest BCUT2D eigenvalue weighted by molar-refractivity contribution is 5.99. The maximum atomic E-state index is 12.9. The minimum Gasteiger partial charge on any atom is -0.294 e. The van der Waals surface area contributed by atoms with Gasteiger partial charge in [-0.15, -0.1) is 0 Å². The van der Waals surface area contributed by atoms with E-state index in [0.29, 0.717) is 5.78 Å². The Bertz CT molecular complexity index is 439. The molecule has 1 aromatic carbocycles. The first-order chi connectivity index (χ1) is 9.76. The first-order valence-electron chi connectivity index (χ1n) is 8.42. The van der Waals surface area contributed by atoms with Gasteiger partial charge in [0.1, 0.15) is 0 Å². The second-order valence-corrected chi connectivity index (χ2v) is 6.10. The van der Waals surface area contributed by atoms with Crippen LogP contribution >= 0.6 is 0 Å². The zero-order chi connectivity index (χ0) is 14.4. The molecule has 0 spiro atoms. The monoisotopic (exact) mass is 272 g/mol. The van der Waals surface area contributed by atoms with Crippen LogP contribution in [0.4, 0.5) is 0 Å². The van der Waals surface area contributed by atoms with Gasteiger partial charge in [-0.3, -0.25) is 4.79 Å². The van der Waals surface area contributed by atoms with E-state index >= 15 is 0 Å². The first kappa shape index (κ1) is 15.3. The normalized spacial score (nSPS) is 17.5. The number of carbonyl (C=O) groups is 1. The maximum Gasteiger partial charge on any atom is 0.166 e. The van der Waals surface area contributed by atoms with Crippen molar-refractivity contribution in [2.45, 2.75) is 71.6 Å². The number of rotatable bonds is 4. The van der Waals surface area contributed by atoms with E-state index in [-0.39, 0.29) is 5.92 Å². The molecule has 0 saturated heterocycles. The SMILES string of the molecule is CCc1ccc(CC)c(C(=O)C2CCCCCCC2)c1. The summed E-state index contributed by atoms with van der Waals surface area (Å²) in [6, 6.07) is 6.49. The zero-order valence-corrected chi connectivity index (χ0v) is 13.1. The lowest BCUT2D eigenvalue weighted by Gasteiger charge is -2.20. The Morgan fingerprint density at radius 1 is 1.00 bits per heavy atom. The number of aryl methyl sites for hydroxylation is 2. The second kappa shape index (κ2) is 7.61. The highest BCUT2D eigenvalue weighted by Crippen LogP contribution is 2.27. The van der Waals surface area contributed by atoms with E-state index in [9.17, 15) is 4.79 Å². The summed E-state index contributed by atoms with van der Waals surface area (Å²) in [6.07, 6.45) is 10.6. The fraction of sp³-hybridized carbons (Fsp3) is 0.632. The average molecular weight is 272 g/mol. The molecule has 1 aliphatic carbocycles. The van der Waals surface area contributed by atoms with Gasteiger partial charge in [-0.2, -0.15) is 0 Å². The van der Waals surface area contributed by atoms with E-state index < -0.39 is 0 Å². The topological polar surface area (TPSA) is 17.1 Å². The summed E-state index contributed by atoms with van der Waals surface area (Å²) in [5.41, 5.74) is 3.53. The van der Waals surface area contributed by atoms with Gasteiger partial charge < -0.3 is 0 Å². The van der Waals surface area contributed by atoms with Crippen molar-refractivity contribution in [1.29, 1.82) is 0 Å². The van der Waals surface area contributed by atoms with Crippen molar-refractivity contribution in [3.05, 3.63) is 34.9 Å². The van der Waals surface area contributed by atoms with Crippen LogP contribution < -0.4 is 0 Å². The molecule has 0 aliphatic heterocycles. The molecular formula is C19H28O. The number of benzene rings is 1. The fourth-order valence-corrected chi connectivity index (χ4v) is 3.32. The Morgan fingerprint density at radius 3 is 2.25 bits per heavy atom. The second-order valence-electron chi connectivity index (χ2n) is 6.10. The lowest BCUT2D eigenvalue weighted by Crippen LogP contribution is -2.18. The predicted molar refractivity (Wildman–Crippen MR) is 85.3 cm³/mol. The Labute approximate surface area is 123 Å². The van der Waals surface area contributed by atoms with E-state index in [1.807, 2.05) is 0 Å². The zero-order valence-electron chi connectivity index (χ0n) is 13.1. The van der Waals surface area contributed by atoms with Crippen molar-refractivity contribution in [3.63, 3.8) is 0 Å². The number of hydrogen-bond donors (Lipinski definition) is 0. The molecule has 0 radical (unpaired) electrons. The van der Waals surface area contributed by atoms with Crippen molar-refractivity contribution >= 4 is 5.78 Å². The maximum absolute atomic E-state index is 12.9. The van der Waals surface area contributed by atoms with E-state index in [4.69, 9.17) is 0 Å². The molecule has 1 nitrogen and oxygen atoms in total. The molecule has 2 rings (SSSR count). The molecule has 1 heteroatoms. The lowest BCUT2D eigenvalue weighted by atomic mass is 9.83. The van der Waals surface area contributed by atoms with Crippen LogP contribution in [0.1, 0.15) is 80.3 Å². The van der Waals surface area contributed by atoms with Crippen molar-refractivity contribution in [2.24, 2.45) is 5.92 Å². The van der Waals surface area contributed by atoms with Gasteiger partial charge in [0.25, 0.3) is 0 Å². The molecule has 0 heterocycles. The summed E-state index contributed by atoms with van der Waals surface area (Å²) in [7, 11) is 0. The number of ketones is 1. The Kier molecular flexibility index (Phi) is 5.82. The molecule has 0 bridgehead atoms. The summed E-state index contributed by atoms with van der Waals surface area (Å²) in [4.78, 5) is 12.9. The van der Waals surface area contributed by atoms with Crippen LogP contribution in [0.2, 0.25) is 0 Å². The van der Waals surface area contributed by atoms with Crippen LogP contribution in [0.15, 0.2) is 18.2 Å². The minimum absolute atomic E-state index is 0.271.